The van der Waals surface area contributed by atoms with Gasteiger partial charge in [-0.2, -0.15) is 0 Å². The number of hydrogen-bond donors (Lipinski definition) is 1. The lowest BCUT2D eigenvalue weighted by molar-refractivity contribution is 0.856. The van der Waals surface area contributed by atoms with Crippen LogP contribution in [0.3, 0.4) is 0 Å². The molecule has 7 heteroatoms. The molecular formula is C17H18N6O. The van der Waals surface area contributed by atoms with Crippen molar-refractivity contribution in [1.29, 1.82) is 0 Å². The third kappa shape index (κ3) is 3.29. The van der Waals surface area contributed by atoms with Gasteiger partial charge >= 0.3 is 0 Å². The summed E-state index contributed by atoms with van der Waals surface area (Å²) < 4.78 is 0. The van der Waals surface area contributed by atoms with Gasteiger partial charge in [0.25, 0.3) is 5.56 Å². The van der Waals surface area contributed by atoms with Gasteiger partial charge < -0.3 is 9.88 Å². The highest BCUT2D eigenvalue weighted by molar-refractivity contribution is 5.56. The minimum Gasteiger partial charge on any atom is -0.354 e. The summed E-state index contributed by atoms with van der Waals surface area (Å²) in [6.45, 7) is 4.19. The van der Waals surface area contributed by atoms with E-state index in [0.29, 0.717) is 17.9 Å². The van der Waals surface area contributed by atoms with Crippen molar-refractivity contribution in [2.75, 3.05) is 11.9 Å². The van der Waals surface area contributed by atoms with Crippen LogP contribution in [-0.4, -0.2) is 32.0 Å². The molecule has 0 spiro atoms. The molecule has 0 saturated heterocycles. The molecule has 24 heavy (non-hydrogen) atoms. The number of aromatic nitrogens is 5. The molecule has 3 aromatic heterocycles. The van der Waals surface area contributed by atoms with Gasteiger partial charge in [-0.3, -0.25) is 14.8 Å². The molecule has 0 atom stereocenters. The van der Waals surface area contributed by atoms with Crippen LogP contribution < -0.4 is 10.5 Å². The van der Waals surface area contributed by atoms with Gasteiger partial charge in [0.2, 0.25) is 0 Å². The zero-order valence-corrected chi connectivity index (χ0v) is 13.8. The second-order valence-electron chi connectivity index (χ2n) is 5.58. The first-order valence-electron chi connectivity index (χ1n) is 7.54. The van der Waals surface area contributed by atoms with Crippen LogP contribution in [0.5, 0.6) is 0 Å². The lowest BCUT2D eigenvalue weighted by Crippen LogP contribution is -2.18. The molecule has 1 N–H and O–H groups in total. The van der Waals surface area contributed by atoms with Crippen molar-refractivity contribution in [2.45, 2.75) is 20.4 Å². The number of hydrogen-bond acceptors (Lipinski definition) is 6. The van der Waals surface area contributed by atoms with Crippen LogP contribution in [0, 0.1) is 13.8 Å². The number of anilines is 1. The summed E-state index contributed by atoms with van der Waals surface area (Å²) in [6, 6.07) is 3.78. The SMILES string of the molecule is Cc1nc(-c2ccc(N(C)Cc3cnccn3)nc2)[nH]c(=O)c1C. The minimum absolute atomic E-state index is 0.124. The molecule has 0 fully saturated rings. The molecule has 122 valence electrons. The van der Waals surface area contributed by atoms with Crippen molar-refractivity contribution in [2.24, 2.45) is 0 Å². The number of nitrogens with zero attached hydrogens (tertiary/aromatic N) is 5. The standard InChI is InChI=1S/C17H18N6O/c1-11-12(2)21-16(22-17(11)24)13-4-5-15(20-8-13)23(3)10-14-9-18-6-7-19-14/h4-9H,10H2,1-3H3,(H,21,22,24). The van der Waals surface area contributed by atoms with E-state index in [4.69, 9.17) is 0 Å². The molecule has 0 aliphatic heterocycles. The third-order valence-electron chi connectivity index (χ3n) is 3.82. The maximum Gasteiger partial charge on any atom is 0.254 e. The molecule has 3 heterocycles. The number of H-pyrrole nitrogens is 1. The molecule has 0 amide bonds. The van der Waals surface area contributed by atoms with Gasteiger partial charge in [0.15, 0.2) is 0 Å². The summed E-state index contributed by atoms with van der Waals surface area (Å²) in [5, 5.41) is 0. The van der Waals surface area contributed by atoms with Crippen molar-refractivity contribution in [1.82, 2.24) is 24.9 Å². The predicted molar refractivity (Wildman–Crippen MR) is 91.7 cm³/mol. The average molecular weight is 322 g/mol. The Labute approximate surface area is 139 Å². The molecule has 0 aliphatic rings. The smallest absolute Gasteiger partial charge is 0.254 e. The summed E-state index contributed by atoms with van der Waals surface area (Å²) in [5.41, 5.74) is 2.86. The predicted octanol–water partition coefficient (Wildman–Crippen LogP) is 1.88. The molecule has 3 rings (SSSR count). The lowest BCUT2D eigenvalue weighted by Gasteiger charge is -2.17. The fourth-order valence-corrected chi connectivity index (χ4v) is 2.27. The Morgan fingerprint density at radius 2 is 1.96 bits per heavy atom. The highest BCUT2D eigenvalue weighted by Gasteiger charge is 2.08. The van der Waals surface area contributed by atoms with Crippen LogP contribution in [0.2, 0.25) is 0 Å². The van der Waals surface area contributed by atoms with Gasteiger partial charge in [0.05, 0.1) is 18.4 Å². The second-order valence-corrected chi connectivity index (χ2v) is 5.58. The van der Waals surface area contributed by atoms with E-state index in [1.54, 1.807) is 31.7 Å². The summed E-state index contributed by atoms with van der Waals surface area (Å²) in [4.78, 5) is 33.8. The largest absolute Gasteiger partial charge is 0.354 e. The van der Waals surface area contributed by atoms with Crippen molar-refractivity contribution in [3.8, 4) is 11.4 Å². The molecule has 0 aliphatic carbocycles. The number of pyridine rings is 1. The Balaban J connectivity index is 1.82. The highest BCUT2D eigenvalue weighted by atomic mass is 16.1. The Morgan fingerprint density at radius 1 is 1.12 bits per heavy atom. The molecule has 0 saturated carbocycles. The van der Waals surface area contributed by atoms with E-state index in [1.807, 2.05) is 31.0 Å². The van der Waals surface area contributed by atoms with Crippen LogP contribution in [0.15, 0.2) is 41.7 Å². The maximum atomic E-state index is 11.9. The Hall–Kier alpha value is -3.09. The van der Waals surface area contributed by atoms with E-state index in [1.165, 1.54) is 0 Å². The molecule has 7 nitrogen and oxygen atoms in total. The van der Waals surface area contributed by atoms with E-state index < -0.39 is 0 Å². The topological polar surface area (TPSA) is 87.7 Å². The summed E-state index contributed by atoms with van der Waals surface area (Å²) in [7, 11) is 1.94. The number of rotatable bonds is 4. The van der Waals surface area contributed by atoms with Gasteiger partial charge in [-0.1, -0.05) is 0 Å². The van der Waals surface area contributed by atoms with Crippen molar-refractivity contribution < 1.29 is 0 Å². The Morgan fingerprint density at radius 3 is 2.58 bits per heavy atom. The van der Waals surface area contributed by atoms with Gasteiger partial charge in [0, 0.05) is 42.5 Å². The van der Waals surface area contributed by atoms with Crippen LogP contribution >= 0.6 is 0 Å². The van der Waals surface area contributed by atoms with Gasteiger partial charge in [0.1, 0.15) is 11.6 Å². The number of aromatic amines is 1. The first kappa shape index (κ1) is 15.8. The molecule has 0 bridgehead atoms. The van der Waals surface area contributed by atoms with E-state index >= 15 is 0 Å². The van der Waals surface area contributed by atoms with Crippen LogP contribution in [-0.2, 0) is 6.54 Å². The fourth-order valence-electron chi connectivity index (χ4n) is 2.27. The molecule has 3 aromatic rings. The van der Waals surface area contributed by atoms with Crippen LogP contribution in [0.25, 0.3) is 11.4 Å². The van der Waals surface area contributed by atoms with E-state index in [2.05, 4.69) is 24.9 Å². The summed E-state index contributed by atoms with van der Waals surface area (Å²) >= 11 is 0. The average Bonchev–Trinajstić information content (AvgIpc) is 2.60. The second kappa shape index (κ2) is 6.57. The molecule has 0 unspecified atom stereocenters. The minimum atomic E-state index is -0.124. The summed E-state index contributed by atoms with van der Waals surface area (Å²) in [5.74, 6) is 1.33. The first-order valence-corrected chi connectivity index (χ1v) is 7.54. The van der Waals surface area contributed by atoms with Crippen molar-refractivity contribution in [3.05, 3.63) is 64.2 Å². The molecule has 0 aromatic carbocycles. The number of aryl methyl sites for hydroxylation is 1. The zero-order chi connectivity index (χ0) is 17.1. The number of nitrogens with one attached hydrogen (secondary N) is 1. The first-order chi connectivity index (χ1) is 11.5. The maximum absolute atomic E-state index is 11.9. The van der Waals surface area contributed by atoms with Gasteiger partial charge in [-0.25, -0.2) is 9.97 Å². The van der Waals surface area contributed by atoms with Gasteiger partial charge in [-0.15, -0.1) is 0 Å². The van der Waals surface area contributed by atoms with E-state index in [9.17, 15) is 4.79 Å². The van der Waals surface area contributed by atoms with Crippen LogP contribution in [0.4, 0.5) is 5.82 Å². The highest BCUT2D eigenvalue weighted by Crippen LogP contribution is 2.18. The normalized spacial score (nSPS) is 10.6. The molecular weight excluding hydrogens is 304 g/mol. The van der Waals surface area contributed by atoms with E-state index in [0.717, 1.165) is 22.8 Å². The Kier molecular flexibility index (Phi) is 4.33. The third-order valence-corrected chi connectivity index (χ3v) is 3.82. The monoisotopic (exact) mass is 322 g/mol. The molecule has 0 radical (unpaired) electrons. The lowest BCUT2D eigenvalue weighted by atomic mass is 10.2. The summed E-state index contributed by atoms with van der Waals surface area (Å²) in [6.07, 6.45) is 6.75. The quantitative estimate of drug-likeness (QED) is 0.789. The van der Waals surface area contributed by atoms with Crippen molar-refractivity contribution >= 4 is 5.82 Å². The van der Waals surface area contributed by atoms with Crippen molar-refractivity contribution in [3.63, 3.8) is 0 Å². The van der Waals surface area contributed by atoms with Gasteiger partial charge in [-0.05, 0) is 26.0 Å². The van der Waals surface area contributed by atoms with E-state index in [-0.39, 0.29) is 5.56 Å². The Bertz CT molecular complexity index is 889. The van der Waals surface area contributed by atoms with Crippen LogP contribution in [0.1, 0.15) is 17.0 Å². The zero-order valence-electron chi connectivity index (χ0n) is 13.8. The fraction of sp³-hybridized carbons (Fsp3) is 0.235.